The molecule has 0 amide bonds. The van der Waals surface area contributed by atoms with Crippen molar-refractivity contribution >= 4 is 5.69 Å². The van der Waals surface area contributed by atoms with Crippen LogP contribution in [0.2, 0.25) is 0 Å². The Morgan fingerprint density at radius 2 is 2.35 bits per heavy atom. The molecule has 0 saturated carbocycles. The molecule has 6 nitrogen and oxygen atoms in total. The Morgan fingerprint density at radius 3 is 3.00 bits per heavy atom. The van der Waals surface area contributed by atoms with E-state index in [2.05, 4.69) is 5.32 Å². The molecule has 2 rings (SSSR count). The summed E-state index contributed by atoms with van der Waals surface area (Å²) in [6, 6.07) is 3.82. The van der Waals surface area contributed by atoms with Crippen LogP contribution in [0.5, 0.6) is 11.5 Å². The van der Waals surface area contributed by atoms with Gasteiger partial charge in [-0.25, -0.2) is 0 Å². The van der Waals surface area contributed by atoms with Crippen LogP contribution in [0.15, 0.2) is 18.2 Å². The van der Waals surface area contributed by atoms with Gasteiger partial charge in [-0.1, -0.05) is 0 Å². The maximum atomic E-state index is 10.8. The fraction of sp³-hybridized carbons (Fsp3) is 0.455. The number of phenolic OH excluding ortho intramolecular Hbond substituents is 1. The first-order valence-corrected chi connectivity index (χ1v) is 5.51. The van der Waals surface area contributed by atoms with Gasteiger partial charge in [0.2, 0.25) is 5.75 Å². The van der Waals surface area contributed by atoms with Gasteiger partial charge in [0.25, 0.3) is 0 Å². The minimum atomic E-state index is -0.509. The number of rotatable bonds is 3. The van der Waals surface area contributed by atoms with Crippen molar-refractivity contribution in [1.29, 1.82) is 0 Å². The molecule has 1 aliphatic rings. The summed E-state index contributed by atoms with van der Waals surface area (Å²) in [7, 11) is 0. The Morgan fingerprint density at radius 1 is 1.53 bits per heavy atom. The topological polar surface area (TPSA) is 84.6 Å². The number of aromatic hydroxyl groups is 1. The minimum absolute atomic E-state index is 0.0330. The summed E-state index contributed by atoms with van der Waals surface area (Å²) in [5.74, 6) is 0.0954. The molecule has 0 radical (unpaired) electrons. The Balaban J connectivity index is 2.17. The Bertz CT molecular complexity index is 416. The van der Waals surface area contributed by atoms with Crippen LogP contribution in [-0.2, 0) is 0 Å². The summed E-state index contributed by atoms with van der Waals surface area (Å²) in [4.78, 5) is 10.3. The fourth-order valence-corrected chi connectivity index (χ4v) is 1.85. The van der Waals surface area contributed by atoms with E-state index < -0.39 is 4.92 Å². The third kappa shape index (κ3) is 2.85. The van der Waals surface area contributed by atoms with Crippen molar-refractivity contribution in [2.75, 3.05) is 13.1 Å². The van der Waals surface area contributed by atoms with Gasteiger partial charge in [0.1, 0.15) is 11.9 Å². The average Bonchev–Trinajstić information content (AvgIpc) is 2.30. The van der Waals surface area contributed by atoms with E-state index in [1.807, 2.05) is 0 Å². The molecule has 1 aliphatic heterocycles. The lowest BCUT2D eigenvalue weighted by atomic mass is 10.1. The van der Waals surface area contributed by atoms with Gasteiger partial charge in [0.15, 0.2) is 0 Å². The molecule has 17 heavy (non-hydrogen) atoms. The van der Waals surface area contributed by atoms with Gasteiger partial charge in [-0.05, 0) is 25.5 Å². The standard InChI is InChI=1S/C11H14N2O4/c14-8-3-4-10(13(15)16)11(6-8)17-9-2-1-5-12-7-9/h3-4,6,9,12,14H,1-2,5,7H2. The third-order valence-electron chi connectivity index (χ3n) is 2.69. The molecule has 2 N–H and O–H groups in total. The van der Waals surface area contributed by atoms with Crippen molar-refractivity contribution in [3.63, 3.8) is 0 Å². The molecule has 0 aromatic heterocycles. The van der Waals surface area contributed by atoms with Crippen molar-refractivity contribution < 1.29 is 14.8 Å². The van der Waals surface area contributed by atoms with Crippen LogP contribution < -0.4 is 10.1 Å². The van der Waals surface area contributed by atoms with Crippen molar-refractivity contribution in [3.05, 3.63) is 28.3 Å². The molecular formula is C11H14N2O4. The van der Waals surface area contributed by atoms with E-state index in [0.717, 1.165) is 19.4 Å². The van der Waals surface area contributed by atoms with Crippen LogP contribution in [0.1, 0.15) is 12.8 Å². The molecule has 92 valence electrons. The number of benzene rings is 1. The average molecular weight is 238 g/mol. The van der Waals surface area contributed by atoms with Crippen molar-refractivity contribution in [3.8, 4) is 11.5 Å². The highest BCUT2D eigenvalue weighted by atomic mass is 16.6. The highest BCUT2D eigenvalue weighted by Gasteiger charge is 2.21. The van der Waals surface area contributed by atoms with Gasteiger partial charge in [-0.15, -0.1) is 0 Å². The normalized spacial score (nSPS) is 19.9. The summed E-state index contributed by atoms with van der Waals surface area (Å²) in [6.07, 6.45) is 1.76. The largest absolute Gasteiger partial charge is 0.508 e. The number of hydrogen-bond acceptors (Lipinski definition) is 5. The van der Waals surface area contributed by atoms with Gasteiger partial charge in [-0.3, -0.25) is 10.1 Å². The SMILES string of the molecule is O=[N+]([O-])c1ccc(O)cc1OC1CCCNC1. The quantitative estimate of drug-likeness (QED) is 0.614. The first kappa shape index (κ1) is 11.7. The first-order chi connectivity index (χ1) is 8.16. The molecule has 1 unspecified atom stereocenters. The van der Waals surface area contributed by atoms with Crippen molar-refractivity contribution in [1.82, 2.24) is 5.32 Å². The maximum absolute atomic E-state index is 10.8. The smallest absolute Gasteiger partial charge is 0.311 e. The first-order valence-electron chi connectivity index (χ1n) is 5.51. The molecule has 0 aliphatic carbocycles. The summed E-state index contributed by atoms with van der Waals surface area (Å²) in [6.45, 7) is 1.62. The molecule has 1 aromatic carbocycles. The van der Waals surface area contributed by atoms with Crippen molar-refractivity contribution in [2.45, 2.75) is 18.9 Å². The zero-order valence-corrected chi connectivity index (χ0v) is 9.26. The highest BCUT2D eigenvalue weighted by molar-refractivity contribution is 5.50. The number of phenols is 1. The van der Waals surface area contributed by atoms with E-state index in [0.29, 0.717) is 6.54 Å². The molecule has 6 heteroatoms. The zero-order chi connectivity index (χ0) is 12.3. The van der Waals surface area contributed by atoms with Gasteiger partial charge in [0.05, 0.1) is 4.92 Å². The Labute approximate surface area is 98.4 Å². The minimum Gasteiger partial charge on any atom is -0.508 e. The number of hydrogen-bond donors (Lipinski definition) is 2. The Hall–Kier alpha value is -1.82. The van der Waals surface area contributed by atoms with E-state index in [1.54, 1.807) is 0 Å². The second-order valence-electron chi connectivity index (χ2n) is 4.00. The van der Waals surface area contributed by atoms with Gasteiger partial charge in [-0.2, -0.15) is 0 Å². The molecule has 1 saturated heterocycles. The number of nitrogens with zero attached hydrogens (tertiary/aromatic N) is 1. The molecular weight excluding hydrogens is 224 g/mol. The van der Waals surface area contributed by atoms with Gasteiger partial charge >= 0.3 is 5.69 Å². The van der Waals surface area contributed by atoms with Crippen LogP contribution in [0.3, 0.4) is 0 Å². The van der Waals surface area contributed by atoms with Gasteiger partial charge in [0, 0.05) is 18.7 Å². The summed E-state index contributed by atoms with van der Waals surface area (Å²) >= 11 is 0. The third-order valence-corrected chi connectivity index (χ3v) is 2.69. The zero-order valence-electron chi connectivity index (χ0n) is 9.26. The molecule has 1 atom stereocenters. The second kappa shape index (κ2) is 5.01. The Kier molecular flexibility index (Phi) is 3.43. The van der Waals surface area contributed by atoms with Crippen LogP contribution >= 0.6 is 0 Å². The van der Waals surface area contributed by atoms with E-state index in [9.17, 15) is 15.2 Å². The summed E-state index contributed by atoms with van der Waals surface area (Å²) in [5.41, 5.74) is -0.117. The van der Waals surface area contributed by atoms with E-state index in [1.165, 1.54) is 18.2 Å². The predicted molar refractivity (Wildman–Crippen MR) is 61.3 cm³/mol. The number of nitro benzene ring substituents is 1. The van der Waals surface area contributed by atoms with Crippen LogP contribution in [-0.4, -0.2) is 29.2 Å². The lowest BCUT2D eigenvalue weighted by Crippen LogP contribution is -2.37. The molecule has 1 heterocycles. The molecule has 1 fully saturated rings. The van der Waals surface area contributed by atoms with E-state index in [-0.39, 0.29) is 23.3 Å². The number of piperidine rings is 1. The molecule has 0 spiro atoms. The van der Waals surface area contributed by atoms with Crippen LogP contribution in [0.25, 0.3) is 0 Å². The lowest BCUT2D eigenvalue weighted by Gasteiger charge is -2.23. The second-order valence-corrected chi connectivity index (χ2v) is 4.00. The van der Waals surface area contributed by atoms with Crippen molar-refractivity contribution in [2.24, 2.45) is 0 Å². The monoisotopic (exact) mass is 238 g/mol. The number of nitro groups is 1. The van der Waals surface area contributed by atoms with Gasteiger partial charge < -0.3 is 15.2 Å². The molecule has 1 aromatic rings. The fourth-order valence-electron chi connectivity index (χ4n) is 1.85. The summed E-state index contributed by atoms with van der Waals surface area (Å²) in [5, 5.41) is 23.3. The number of nitrogens with one attached hydrogen (secondary N) is 1. The van der Waals surface area contributed by atoms with E-state index in [4.69, 9.17) is 4.74 Å². The number of ether oxygens (including phenoxy) is 1. The lowest BCUT2D eigenvalue weighted by molar-refractivity contribution is -0.386. The predicted octanol–water partition coefficient (Wildman–Crippen LogP) is 1.43. The van der Waals surface area contributed by atoms with E-state index >= 15 is 0 Å². The van der Waals surface area contributed by atoms with Crippen LogP contribution in [0.4, 0.5) is 5.69 Å². The summed E-state index contributed by atoms with van der Waals surface area (Å²) < 4.78 is 5.56. The molecule has 0 bridgehead atoms. The maximum Gasteiger partial charge on any atom is 0.311 e. The highest BCUT2D eigenvalue weighted by Crippen LogP contribution is 2.31. The van der Waals surface area contributed by atoms with Crippen LogP contribution in [0, 0.1) is 10.1 Å².